The standard InChI is InChI=1S/C21H14F3N5O5/c1-11-8-16(28(26-11)13-5-2-4-12(9-13)21(22,23)24)25-17(30)10-27-19(31)14-6-3-7-15(29(33)34)18(14)20(27)32/h2-9H,10H2,1H3,(H,25,30). The van der Waals surface area contributed by atoms with E-state index in [9.17, 15) is 37.7 Å². The van der Waals surface area contributed by atoms with Crippen LogP contribution in [0.15, 0.2) is 48.5 Å². The molecule has 34 heavy (non-hydrogen) atoms. The average Bonchev–Trinajstić information content (AvgIpc) is 3.25. The minimum absolute atomic E-state index is 0.00409. The molecule has 1 N–H and O–H groups in total. The molecule has 0 bridgehead atoms. The summed E-state index contributed by atoms with van der Waals surface area (Å²) < 4.78 is 40.3. The Bertz CT molecular complexity index is 1370. The van der Waals surface area contributed by atoms with Gasteiger partial charge in [-0.05, 0) is 31.2 Å². The van der Waals surface area contributed by atoms with Gasteiger partial charge in [0.1, 0.15) is 17.9 Å². The molecule has 3 aromatic rings. The van der Waals surface area contributed by atoms with Crippen molar-refractivity contribution >= 4 is 29.2 Å². The Morgan fingerprint density at radius 2 is 1.82 bits per heavy atom. The lowest BCUT2D eigenvalue weighted by Crippen LogP contribution is -2.37. The number of rotatable bonds is 5. The molecule has 2 aromatic carbocycles. The molecular formula is C21H14F3N5O5. The number of carbonyl (C=O) groups is 3. The molecule has 10 nitrogen and oxygen atoms in total. The lowest BCUT2D eigenvalue weighted by atomic mass is 10.1. The first kappa shape index (κ1) is 22.6. The van der Waals surface area contributed by atoms with Crippen LogP contribution in [0, 0.1) is 17.0 Å². The summed E-state index contributed by atoms with van der Waals surface area (Å²) in [7, 11) is 0. The van der Waals surface area contributed by atoms with Gasteiger partial charge in [-0.25, -0.2) is 4.68 Å². The number of amides is 3. The number of nitro groups is 1. The quantitative estimate of drug-likeness (QED) is 0.344. The van der Waals surface area contributed by atoms with Crippen LogP contribution in [0.4, 0.5) is 24.7 Å². The van der Waals surface area contributed by atoms with Crippen LogP contribution in [-0.4, -0.2) is 43.9 Å². The van der Waals surface area contributed by atoms with E-state index < -0.39 is 52.2 Å². The van der Waals surface area contributed by atoms with Crippen molar-refractivity contribution in [3.8, 4) is 5.69 Å². The number of halogens is 3. The van der Waals surface area contributed by atoms with Crippen LogP contribution in [0.1, 0.15) is 32.0 Å². The fourth-order valence-corrected chi connectivity index (χ4v) is 3.54. The van der Waals surface area contributed by atoms with Gasteiger partial charge in [-0.15, -0.1) is 0 Å². The Balaban J connectivity index is 1.58. The summed E-state index contributed by atoms with van der Waals surface area (Å²) in [6.45, 7) is 0.791. The zero-order chi connectivity index (χ0) is 24.8. The molecule has 0 spiro atoms. The first-order valence-corrected chi connectivity index (χ1v) is 9.65. The topological polar surface area (TPSA) is 127 Å². The Hall–Kier alpha value is -4.55. The Morgan fingerprint density at radius 1 is 1.12 bits per heavy atom. The summed E-state index contributed by atoms with van der Waals surface area (Å²) in [5.41, 5.74) is -1.68. The van der Waals surface area contributed by atoms with Gasteiger partial charge in [0, 0.05) is 12.1 Å². The van der Waals surface area contributed by atoms with Crippen LogP contribution < -0.4 is 5.32 Å². The number of nitro benzene ring substituents is 1. The van der Waals surface area contributed by atoms with Crippen molar-refractivity contribution in [1.29, 1.82) is 0 Å². The number of anilines is 1. The first-order chi connectivity index (χ1) is 16.0. The summed E-state index contributed by atoms with van der Waals surface area (Å²) >= 11 is 0. The molecule has 1 aromatic heterocycles. The maximum absolute atomic E-state index is 13.1. The van der Waals surface area contributed by atoms with E-state index in [4.69, 9.17) is 0 Å². The van der Waals surface area contributed by atoms with Crippen LogP contribution >= 0.6 is 0 Å². The molecule has 0 fully saturated rings. The van der Waals surface area contributed by atoms with Crippen LogP contribution in [0.3, 0.4) is 0 Å². The van der Waals surface area contributed by atoms with Crippen molar-refractivity contribution < 1.29 is 32.5 Å². The average molecular weight is 473 g/mol. The normalized spacial score (nSPS) is 13.2. The highest BCUT2D eigenvalue weighted by Crippen LogP contribution is 2.32. The van der Waals surface area contributed by atoms with Crippen molar-refractivity contribution in [2.75, 3.05) is 11.9 Å². The summed E-state index contributed by atoms with van der Waals surface area (Å²) in [5.74, 6) is -2.72. The van der Waals surface area contributed by atoms with E-state index in [-0.39, 0.29) is 17.1 Å². The minimum atomic E-state index is -4.59. The van der Waals surface area contributed by atoms with Crippen molar-refractivity contribution in [1.82, 2.24) is 14.7 Å². The van der Waals surface area contributed by atoms with Crippen LogP contribution in [-0.2, 0) is 11.0 Å². The maximum Gasteiger partial charge on any atom is 0.416 e. The molecule has 13 heteroatoms. The zero-order valence-corrected chi connectivity index (χ0v) is 17.3. The molecule has 0 saturated heterocycles. The third-order valence-electron chi connectivity index (χ3n) is 4.99. The number of fused-ring (bicyclic) bond motifs is 1. The molecule has 1 aliphatic heterocycles. The molecule has 174 valence electrons. The predicted octanol–water partition coefficient (Wildman–Crippen LogP) is 3.34. The Labute approximate surface area is 188 Å². The van der Waals surface area contributed by atoms with Gasteiger partial charge in [0.2, 0.25) is 5.91 Å². The van der Waals surface area contributed by atoms with Gasteiger partial charge in [0.25, 0.3) is 17.5 Å². The molecule has 1 aliphatic rings. The molecule has 0 radical (unpaired) electrons. The van der Waals surface area contributed by atoms with Gasteiger partial charge in [-0.3, -0.25) is 29.4 Å². The Morgan fingerprint density at radius 3 is 2.50 bits per heavy atom. The second-order valence-corrected chi connectivity index (χ2v) is 7.33. The largest absolute Gasteiger partial charge is 0.416 e. The molecular weight excluding hydrogens is 459 g/mol. The monoisotopic (exact) mass is 473 g/mol. The van der Waals surface area contributed by atoms with Crippen molar-refractivity contribution in [2.45, 2.75) is 13.1 Å². The van der Waals surface area contributed by atoms with E-state index in [2.05, 4.69) is 10.4 Å². The van der Waals surface area contributed by atoms with Gasteiger partial charge in [-0.2, -0.15) is 18.3 Å². The van der Waals surface area contributed by atoms with Crippen molar-refractivity contribution in [2.24, 2.45) is 0 Å². The van der Waals surface area contributed by atoms with E-state index in [0.717, 1.165) is 22.9 Å². The summed E-state index contributed by atoms with van der Waals surface area (Å²) in [5, 5.41) is 17.7. The maximum atomic E-state index is 13.1. The molecule has 4 rings (SSSR count). The molecule has 0 atom stereocenters. The van der Waals surface area contributed by atoms with E-state index in [1.807, 2.05) is 0 Å². The molecule has 0 aliphatic carbocycles. The van der Waals surface area contributed by atoms with Crippen molar-refractivity contribution in [3.05, 3.63) is 81.0 Å². The van der Waals surface area contributed by atoms with Crippen molar-refractivity contribution in [3.63, 3.8) is 0 Å². The number of alkyl halides is 3. The number of nitrogens with one attached hydrogen (secondary N) is 1. The molecule has 0 unspecified atom stereocenters. The number of imide groups is 1. The highest BCUT2D eigenvalue weighted by atomic mass is 19.4. The number of aromatic nitrogens is 2. The van der Waals surface area contributed by atoms with E-state index >= 15 is 0 Å². The van der Waals surface area contributed by atoms with Crippen LogP contribution in [0.2, 0.25) is 0 Å². The lowest BCUT2D eigenvalue weighted by molar-refractivity contribution is -0.385. The number of benzene rings is 2. The number of carbonyl (C=O) groups excluding carboxylic acids is 3. The summed E-state index contributed by atoms with van der Waals surface area (Å²) in [6.07, 6.45) is -4.59. The van der Waals surface area contributed by atoms with E-state index in [0.29, 0.717) is 10.6 Å². The number of nitrogens with zero attached hydrogens (tertiary/aromatic N) is 4. The molecule has 3 amide bonds. The van der Waals surface area contributed by atoms with Crippen LogP contribution in [0.25, 0.3) is 5.69 Å². The SMILES string of the molecule is Cc1cc(NC(=O)CN2C(=O)c3cccc([N+](=O)[O-])c3C2=O)n(-c2cccc(C(F)(F)F)c2)n1. The van der Waals surface area contributed by atoms with Gasteiger partial charge in [0.05, 0.1) is 27.4 Å². The summed E-state index contributed by atoms with van der Waals surface area (Å²) in [6, 6.07) is 9.25. The highest BCUT2D eigenvalue weighted by Gasteiger charge is 2.41. The van der Waals surface area contributed by atoms with Gasteiger partial charge in [0.15, 0.2) is 0 Å². The fourth-order valence-electron chi connectivity index (χ4n) is 3.54. The second-order valence-electron chi connectivity index (χ2n) is 7.33. The highest BCUT2D eigenvalue weighted by molar-refractivity contribution is 6.24. The number of hydrogen-bond acceptors (Lipinski definition) is 6. The van der Waals surface area contributed by atoms with E-state index in [1.54, 1.807) is 6.92 Å². The first-order valence-electron chi connectivity index (χ1n) is 9.65. The van der Waals surface area contributed by atoms with Gasteiger partial charge < -0.3 is 5.32 Å². The fraction of sp³-hybridized carbons (Fsp3) is 0.143. The molecule has 2 heterocycles. The summed E-state index contributed by atoms with van der Waals surface area (Å²) in [4.78, 5) is 48.8. The van der Waals surface area contributed by atoms with Gasteiger partial charge >= 0.3 is 6.18 Å². The minimum Gasteiger partial charge on any atom is -0.309 e. The molecule has 0 saturated carbocycles. The Kier molecular flexibility index (Phi) is 5.39. The second kappa shape index (κ2) is 8.10. The smallest absolute Gasteiger partial charge is 0.309 e. The number of aryl methyl sites for hydroxylation is 1. The van der Waals surface area contributed by atoms with E-state index in [1.165, 1.54) is 30.3 Å². The third-order valence-corrected chi connectivity index (χ3v) is 4.99. The lowest BCUT2D eigenvalue weighted by Gasteiger charge is -2.15. The predicted molar refractivity (Wildman–Crippen MR) is 110 cm³/mol. The zero-order valence-electron chi connectivity index (χ0n) is 17.3. The van der Waals surface area contributed by atoms with Gasteiger partial charge in [-0.1, -0.05) is 12.1 Å². The third kappa shape index (κ3) is 3.98. The number of hydrogen-bond donors (Lipinski definition) is 1. The van der Waals surface area contributed by atoms with Crippen LogP contribution in [0.5, 0.6) is 0 Å².